The summed E-state index contributed by atoms with van der Waals surface area (Å²) in [5.41, 5.74) is 4.53. The number of hydrogen-bond donors (Lipinski definition) is 2. The molecule has 0 radical (unpaired) electrons. The molecule has 1 fully saturated rings. The summed E-state index contributed by atoms with van der Waals surface area (Å²) < 4.78 is 73.7. The first-order valence-electron chi connectivity index (χ1n) is 11.4. The smallest absolute Gasteiger partial charge is 0.402 e. The maximum Gasteiger partial charge on any atom is 0.573 e. The van der Waals surface area contributed by atoms with Crippen molar-refractivity contribution in [1.82, 2.24) is 20.1 Å². The number of aromatic nitrogens is 3. The molecule has 36 heavy (non-hydrogen) atoms. The van der Waals surface area contributed by atoms with Gasteiger partial charge in [0.1, 0.15) is 11.2 Å². The molecule has 1 saturated carbocycles. The van der Waals surface area contributed by atoms with Gasteiger partial charge in [0.05, 0.1) is 29.6 Å². The van der Waals surface area contributed by atoms with E-state index in [1.165, 1.54) is 10.9 Å². The number of halogens is 5. The van der Waals surface area contributed by atoms with Crippen LogP contribution in [0.5, 0.6) is 5.75 Å². The first-order chi connectivity index (χ1) is 17.0. The summed E-state index contributed by atoms with van der Waals surface area (Å²) in [5, 5.41) is 16.5. The number of rotatable bonds is 7. The lowest BCUT2D eigenvalue weighted by Crippen LogP contribution is -2.19. The van der Waals surface area contributed by atoms with Crippen LogP contribution in [0.15, 0.2) is 18.3 Å². The van der Waals surface area contributed by atoms with Gasteiger partial charge in [0.2, 0.25) is 0 Å². The Morgan fingerprint density at radius 3 is 2.50 bits per heavy atom. The average Bonchev–Trinajstić information content (AvgIpc) is 3.52. The number of hydrogen-bond acceptors (Lipinski definition) is 6. The molecule has 0 unspecified atom stereocenters. The molecule has 0 amide bonds. The van der Waals surface area contributed by atoms with Gasteiger partial charge >= 0.3 is 6.36 Å². The molecule has 2 heterocycles. The van der Waals surface area contributed by atoms with Gasteiger partial charge in [-0.1, -0.05) is 13.8 Å². The van der Waals surface area contributed by atoms with Crippen LogP contribution in [0.1, 0.15) is 44.8 Å². The van der Waals surface area contributed by atoms with E-state index >= 15 is 4.39 Å². The second-order valence-electron chi connectivity index (χ2n) is 8.84. The number of anilines is 1. The largest absolute Gasteiger partial charge is 0.573 e. The van der Waals surface area contributed by atoms with E-state index in [2.05, 4.69) is 34.0 Å². The standard InChI is InChI=1S/C19H14F5N5O.C5H13N/c20-13-7-9(26)6-11(18(13)30-19(22,23)24)16-15(21)17-12(14(28-16)2-1-5-25)8-27-29(17)10-3-4-10;1-5(2)4-6-3/h6-8,10H,1-4,26H2;5-6H,4H2,1-3H3. The number of ether oxygens (including phenoxy) is 1. The number of nitrogens with zero attached hydrogens (tertiary/aromatic N) is 4. The summed E-state index contributed by atoms with van der Waals surface area (Å²) >= 11 is 0. The van der Waals surface area contributed by atoms with Crippen LogP contribution in [0.25, 0.3) is 22.2 Å². The van der Waals surface area contributed by atoms with Crippen molar-refractivity contribution in [3.05, 3.63) is 35.7 Å². The van der Waals surface area contributed by atoms with E-state index in [4.69, 9.17) is 11.0 Å². The Morgan fingerprint density at radius 1 is 1.28 bits per heavy atom. The van der Waals surface area contributed by atoms with Crippen LogP contribution in [-0.4, -0.2) is 34.7 Å². The normalized spacial score (nSPS) is 13.4. The van der Waals surface area contributed by atoms with Crippen LogP contribution >= 0.6 is 0 Å². The summed E-state index contributed by atoms with van der Waals surface area (Å²) in [6.07, 6.45) is -2.11. The highest BCUT2D eigenvalue weighted by molar-refractivity contribution is 5.87. The first-order valence-corrected chi connectivity index (χ1v) is 11.4. The molecule has 194 valence electrons. The lowest BCUT2D eigenvalue weighted by atomic mass is 10.0. The number of nitrogens with one attached hydrogen (secondary N) is 1. The van der Waals surface area contributed by atoms with Crippen LogP contribution in [0.3, 0.4) is 0 Å². The molecule has 2 aromatic heterocycles. The summed E-state index contributed by atoms with van der Waals surface area (Å²) in [6.45, 7) is 5.51. The maximum atomic E-state index is 15.5. The molecule has 12 heteroatoms. The number of aryl methyl sites for hydroxylation is 1. The summed E-state index contributed by atoms with van der Waals surface area (Å²) in [5.74, 6) is -2.81. The zero-order valence-electron chi connectivity index (χ0n) is 20.1. The van der Waals surface area contributed by atoms with Gasteiger partial charge in [0.25, 0.3) is 0 Å². The minimum absolute atomic E-state index is 0.0382. The molecule has 1 aliphatic carbocycles. The predicted octanol–water partition coefficient (Wildman–Crippen LogP) is 5.51. The van der Waals surface area contributed by atoms with Crippen molar-refractivity contribution >= 4 is 16.6 Å². The minimum Gasteiger partial charge on any atom is -0.402 e. The van der Waals surface area contributed by atoms with Gasteiger partial charge in [0.15, 0.2) is 17.4 Å². The highest BCUT2D eigenvalue weighted by atomic mass is 19.4. The summed E-state index contributed by atoms with van der Waals surface area (Å²) in [4.78, 5) is 4.13. The van der Waals surface area contributed by atoms with Crippen LogP contribution in [0.4, 0.5) is 27.6 Å². The van der Waals surface area contributed by atoms with Crippen molar-refractivity contribution in [2.45, 2.75) is 51.9 Å². The molecule has 0 spiro atoms. The monoisotopic (exact) mass is 510 g/mol. The summed E-state index contributed by atoms with van der Waals surface area (Å²) in [7, 11) is 1.97. The van der Waals surface area contributed by atoms with Crippen molar-refractivity contribution < 1.29 is 26.7 Å². The van der Waals surface area contributed by atoms with Gasteiger partial charge in [-0.15, -0.1) is 13.2 Å². The fourth-order valence-electron chi connectivity index (χ4n) is 3.71. The Morgan fingerprint density at radius 2 is 1.97 bits per heavy atom. The molecule has 0 atom stereocenters. The Balaban J connectivity index is 0.000000538. The molecular weight excluding hydrogens is 483 g/mol. The van der Waals surface area contributed by atoms with Gasteiger partial charge in [-0.25, -0.2) is 13.8 Å². The van der Waals surface area contributed by atoms with E-state index in [1.807, 2.05) is 13.1 Å². The van der Waals surface area contributed by atoms with E-state index in [9.17, 15) is 17.6 Å². The molecule has 3 aromatic rings. The Bertz CT molecular complexity index is 1260. The topological polar surface area (TPSA) is 102 Å². The Hall–Kier alpha value is -3.46. The van der Waals surface area contributed by atoms with Crippen molar-refractivity contribution in [2.75, 3.05) is 19.3 Å². The van der Waals surface area contributed by atoms with E-state index in [1.54, 1.807) is 0 Å². The number of fused-ring (bicyclic) bond motifs is 1. The SMILES string of the molecule is CNCC(C)C.N#CCCc1nc(-c2cc(N)cc(F)c2OC(F)(F)F)c(F)c2c1cnn2C1CC1. The molecule has 4 rings (SSSR count). The van der Waals surface area contributed by atoms with Crippen molar-refractivity contribution in [3.63, 3.8) is 0 Å². The molecule has 0 saturated heterocycles. The van der Waals surface area contributed by atoms with E-state index in [0.717, 1.165) is 31.4 Å². The van der Waals surface area contributed by atoms with Crippen molar-refractivity contribution in [2.24, 2.45) is 5.92 Å². The zero-order chi connectivity index (χ0) is 26.6. The lowest BCUT2D eigenvalue weighted by molar-refractivity contribution is -0.275. The van der Waals surface area contributed by atoms with Crippen LogP contribution < -0.4 is 15.8 Å². The lowest BCUT2D eigenvalue weighted by Gasteiger charge is -2.16. The molecule has 3 N–H and O–H groups in total. The molecular formula is C24H27F5N6O. The number of nitrogens with two attached hydrogens (primary N) is 1. The van der Waals surface area contributed by atoms with Gasteiger partial charge in [-0.05, 0) is 38.4 Å². The van der Waals surface area contributed by atoms with Crippen LogP contribution in [-0.2, 0) is 6.42 Å². The highest BCUT2D eigenvalue weighted by Crippen LogP contribution is 2.42. The average molecular weight is 511 g/mol. The van der Waals surface area contributed by atoms with Crippen molar-refractivity contribution in [3.8, 4) is 23.1 Å². The van der Waals surface area contributed by atoms with E-state index in [-0.39, 0.29) is 35.8 Å². The fraction of sp³-hybridized carbons (Fsp3) is 0.458. The molecule has 0 bridgehead atoms. The Labute approximate surface area is 205 Å². The number of alkyl halides is 3. The van der Waals surface area contributed by atoms with Gasteiger partial charge in [0, 0.05) is 30.0 Å². The quantitative estimate of drug-likeness (QED) is 0.321. The third kappa shape index (κ3) is 6.40. The second kappa shape index (κ2) is 11.1. The Kier molecular flexibility index (Phi) is 8.35. The molecule has 1 aromatic carbocycles. The second-order valence-corrected chi connectivity index (χ2v) is 8.84. The van der Waals surface area contributed by atoms with E-state index in [0.29, 0.717) is 11.5 Å². The van der Waals surface area contributed by atoms with Crippen LogP contribution in [0.2, 0.25) is 0 Å². The van der Waals surface area contributed by atoms with Gasteiger partial charge in [-0.2, -0.15) is 10.4 Å². The predicted molar refractivity (Wildman–Crippen MR) is 125 cm³/mol. The van der Waals surface area contributed by atoms with Crippen LogP contribution in [0, 0.1) is 28.9 Å². The third-order valence-electron chi connectivity index (χ3n) is 5.29. The molecule has 0 aliphatic heterocycles. The zero-order valence-corrected chi connectivity index (χ0v) is 20.1. The van der Waals surface area contributed by atoms with Gasteiger partial charge in [-0.3, -0.25) is 4.68 Å². The number of pyridine rings is 1. The molecule has 1 aliphatic rings. The third-order valence-corrected chi connectivity index (χ3v) is 5.29. The maximum absolute atomic E-state index is 15.5. The van der Waals surface area contributed by atoms with Gasteiger partial charge < -0.3 is 15.8 Å². The first kappa shape index (κ1) is 27.1. The highest BCUT2D eigenvalue weighted by Gasteiger charge is 2.36. The summed E-state index contributed by atoms with van der Waals surface area (Å²) in [6, 6.07) is 3.51. The minimum atomic E-state index is -5.22. The number of nitriles is 1. The molecule has 7 nitrogen and oxygen atoms in total. The fourth-order valence-corrected chi connectivity index (χ4v) is 3.71. The van der Waals surface area contributed by atoms with Crippen molar-refractivity contribution in [1.29, 1.82) is 5.26 Å². The number of benzene rings is 1. The van der Waals surface area contributed by atoms with E-state index < -0.39 is 35.0 Å². The number of nitrogen functional groups attached to an aromatic ring is 1.